The lowest BCUT2D eigenvalue weighted by molar-refractivity contribution is 0.0932. The topological polar surface area (TPSA) is 52.9 Å². The number of aryl methyl sites for hydroxylation is 1. The van der Waals surface area contributed by atoms with Crippen molar-refractivity contribution in [1.82, 2.24) is 5.32 Å². The number of nitriles is 1. The minimum atomic E-state index is -0.0854. The molecule has 1 amide bonds. The van der Waals surface area contributed by atoms with E-state index in [9.17, 15) is 4.79 Å². The van der Waals surface area contributed by atoms with Gasteiger partial charge in [0.1, 0.15) is 0 Å². The van der Waals surface area contributed by atoms with E-state index in [1.165, 1.54) is 0 Å². The highest BCUT2D eigenvalue weighted by Crippen LogP contribution is 2.25. The molecule has 0 bridgehead atoms. The Morgan fingerprint density at radius 3 is 2.94 bits per heavy atom. The van der Waals surface area contributed by atoms with Crippen LogP contribution in [0.4, 0.5) is 0 Å². The summed E-state index contributed by atoms with van der Waals surface area (Å²) in [7, 11) is 0. The Kier molecular flexibility index (Phi) is 4.03. The molecular formula is C14H15BrN2O. The summed E-state index contributed by atoms with van der Waals surface area (Å²) in [6.07, 6.45) is 2.81. The fourth-order valence-electron chi connectivity index (χ4n) is 2.32. The average molecular weight is 307 g/mol. The molecule has 1 aliphatic rings. The first-order valence-corrected chi connectivity index (χ1v) is 6.87. The van der Waals surface area contributed by atoms with Gasteiger partial charge in [-0.05, 0) is 49.9 Å². The van der Waals surface area contributed by atoms with E-state index < -0.39 is 0 Å². The maximum atomic E-state index is 12.1. The molecule has 2 rings (SSSR count). The SMILES string of the molecule is Cc1cc(C(=O)NC2CCCC2C#N)ccc1Br. The molecule has 0 radical (unpaired) electrons. The molecule has 0 aliphatic heterocycles. The number of carbonyl (C=O) groups is 1. The van der Waals surface area contributed by atoms with Crippen molar-refractivity contribution in [2.75, 3.05) is 0 Å². The van der Waals surface area contributed by atoms with Gasteiger partial charge in [0.15, 0.2) is 0 Å². The van der Waals surface area contributed by atoms with Crippen molar-refractivity contribution in [3.63, 3.8) is 0 Å². The van der Waals surface area contributed by atoms with Gasteiger partial charge in [0, 0.05) is 16.1 Å². The highest BCUT2D eigenvalue weighted by Gasteiger charge is 2.28. The molecule has 0 heterocycles. The number of hydrogen-bond donors (Lipinski definition) is 1. The smallest absolute Gasteiger partial charge is 0.251 e. The van der Waals surface area contributed by atoms with E-state index in [0.29, 0.717) is 5.56 Å². The number of carbonyl (C=O) groups excluding carboxylic acids is 1. The molecule has 1 N–H and O–H groups in total. The third kappa shape index (κ3) is 2.73. The fourth-order valence-corrected chi connectivity index (χ4v) is 2.57. The molecule has 3 nitrogen and oxygen atoms in total. The molecule has 2 unspecified atom stereocenters. The molecule has 0 saturated heterocycles. The van der Waals surface area contributed by atoms with Crippen LogP contribution in [0.3, 0.4) is 0 Å². The maximum Gasteiger partial charge on any atom is 0.251 e. The van der Waals surface area contributed by atoms with Crippen LogP contribution < -0.4 is 5.32 Å². The van der Waals surface area contributed by atoms with Crippen LogP contribution in [0, 0.1) is 24.2 Å². The number of benzene rings is 1. The summed E-state index contributed by atoms with van der Waals surface area (Å²) >= 11 is 3.41. The van der Waals surface area contributed by atoms with Crippen molar-refractivity contribution in [3.05, 3.63) is 33.8 Å². The second kappa shape index (κ2) is 5.53. The predicted molar refractivity (Wildman–Crippen MR) is 73.1 cm³/mol. The molecule has 1 saturated carbocycles. The van der Waals surface area contributed by atoms with Gasteiger partial charge in [0.25, 0.3) is 5.91 Å². The molecule has 1 aliphatic carbocycles. The van der Waals surface area contributed by atoms with Crippen LogP contribution in [0.5, 0.6) is 0 Å². The summed E-state index contributed by atoms with van der Waals surface area (Å²) in [5.74, 6) is -0.122. The molecule has 2 atom stereocenters. The number of amides is 1. The Hall–Kier alpha value is -1.34. The van der Waals surface area contributed by atoms with Crippen LogP contribution in [-0.2, 0) is 0 Å². The summed E-state index contributed by atoms with van der Waals surface area (Å²) in [6.45, 7) is 1.95. The Balaban J connectivity index is 2.08. The van der Waals surface area contributed by atoms with Crippen LogP contribution >= 0.6 is 15.9 Å². The number of rotatable bonds is 2. The second-order valence-corrected chi connectivity index (χ2v) is 5.56. The minimum Gasteiger partial charge on any atom is -0.348 e. The van der Waals surface area contributed by atoms with E-state index in [1.807, 2.05) is 19.1 Å². The second-order valence-electron chi connectivity index (χ2n) is 4.71. The zero-order chi connectivity index (χ0) is 13.1. The van der Waals surface area contributed by atoms with Gasteiger partial charge >= 0.3 is 0 Å². The summed E-state index contributed by atoms with van der Waals surface area (Å²) in [5.41, 5.74) is 1.69. The molecular weight excluding hydrogens is 292 g/mol. The van der Waals surface area contributed by atoms with Crippen molar-refractivity contribution in [2.45, 2.75) is 32.2 Å². The fraction of sp³-hybridized carbons (Fsp3) is 0.429. The lowest BCUT2D eigenvalue weighted by atomic mass is 10.0. The van der Waals surface area contributed by atoms with Crippen molar-refractivity contribution >= 4 is 21.8 Å². The Morgan fingerprint density at radius 1 is 1.50 bits per heavy atom. The van der Waals surface area contributed by atoms with Crippen molar-refractivity contribution < 1.29 is 4.79 Å². The number of nitrogens with zero attached hydrogens (tertiary/aromatic N) is 1. The van der Waals surface area contributed by atoms with Crippen molar-refractivity contribution in [1.29, 1.82) is 5.26 Å². The third-order valence-corrected chi connectivity index (χ3v) is 4.31. The van der Waals surface area contributed by atoms with Crippen LogP contribution in [-0.4, -0.2) is 11.9 Å². The lowest BCUT2D eigenvalue weighted by Gasteiger charge is -2.15. The Morgan fingerprint density at radius 2 is 2.28 bits per heavy atom. The van der Waals surface area contributed by atoms with E-state index in [4.69, 9.17) is 5.26 Å². The van der Waals surface area contributed by atoms with Gasteiger partial charge in [0.2, 0.25) is 0 Å². The van der Waals surface area contributed by atoms with Gasteiger partial charge in [0.05, 0.1) is 12.0 Å². The highest BCUT2D eigenvalue weighted by molar-refractivity contribution is 9.10. The molecule has 18 heavy (non-hydrogen) atoms. The number of halogens is 1. The molecule has 0 spiro atoms. The van der Waals surface area contributed by atoms with Gasteiger partial charge < -0.3 is 5.32 Å². The first-order chi connectivity index (χ1) is 8.61. The van der Waals surface area contributed by atoms with Gasteiger partial charge in [-0.25, -0.2) is 0 Å². The average Bonchev–Trinajstić information content (AvgIpc) is 2.79. The van der Waals surface area contributed by atoms with E-state index in [1.54, 1.807) is 6.07 Å². The van der Waals surface area contributed by atoms with Crippen molar-refractivity contribution in [3.8, 4) is 6.07 Å². The van der Waals surface area contributed by atoms with Gasteiger partial charge in [-0.3, -0.25) is 4.79 Å². The van der Waals surface area contributed by atoms with Gasteiger partial charge in [-0.1, -0.05) is 15.9 Å². The normalized spacial score (nSPS) is 22.5. The monoisotopic (exact) mass is 306 g/mol. The molecule has 1 fully saturated rings. The minimum absolute atomic E-state index is 0.00597. The molecule has 1 aromatic carbocycles. The molecule has 1 aromatic rings. The van der Waals surface area contributed by atoms with Crippen molar-refractivity contribution in [2.24, 2.45) is 5.92 Å². The summed E-state index contributed by atoms with van der Waals surface area (Å²) in [6, 6.07) is 7.80. The largest absolute Gasteiger partial charge is 0.348 e. The van der Waals surface area contributed by atoms with Crippen LogP contribution in [0.15, 0.2) is 22.7 Å². The first-order valence-electron chi connectivity index (χ1n) is 6.08. The Bertz CT molecular complexity index is 507. The van der Waals surface area contributed by atoms with E-state index >= 15 is 0 Å². The van der Waals surface area contributed by atoms with Gasteiger partial charge in [-0.2, -0.15) is 5.26 Å². The quantitative estimate of drug-likeness (QED) is 0.912. The lowest BCUT2D eigenvalue weighted by Crippen LogP contribution is -2.36. The number of hydrogen-bond acceptors (Lipinski definition) is 2. The first kappa shape index (κ1) is 13.1. The number of nitrogens with one attached hydrogen (secondary N) is 1. The van der Waals surface area contributed by atoms with Crippen LogP contribution in [0.2, 0.25) is 0 Å². The van der Waals surface area contributed by atoms with E-state index in [2.05, 4.69) is 27.3 Å². The highest BCUT2D eigenvalue weighted by atomic mass is 79.9. The zero-order valence-electron chi connectivity index (χ0n) is 10.2. The van der Waals surface area contributed by atoms with E-state index in [-0.39, 0.29) is 17.9 Å². The summed E-state index contributed by atoms with van der Waals surface area (Å²) in [4.78, 5) is 12.1. The Labute approximate surface area is 115 Å². The molecule has 94 valence electrons. The maximum absolute atomic E-state index is 12.1. The summed E-state index contributed by atoms with van der Waals surface area (Å²) in [5, 5.41) is 12.0. The van der Waals surface area contributed by atoms with Crippen LogP contribution in [0.1, 0.15) is 35.2 Å². The van der Waals surface area contributed by atoms with Gasteiger partial charge in [-0.15, -0.1) is 0 Å². The third-order valence-electron chi connectivity index (χ3n) is 3.42. The standard InChI is InChI=1S/C14H15BrN2O/c1-9-7-10(5-6-12(9)15)14(18)17-13-4-2-3-11(13)8-16/h5-7,11,13H,2-4H2,1H3,(H,17,18). The predicted octanol–water partition coefficient (Wildman–Crippen LogP) is 3.18. The molecule has 0 aromatic heterocycles. The van der Waals surface area contributed by atoms with Crippen LogP contribution in [0.25, 0.3) is 0 Å². The summed E-state index contributed by atoms with van der Waals surface area (Å²) < 4.78 is 0.995. The zero-order valence-corrected chi connectivity index (χ0v) is 11.8. The van der Waals surface area contributed by atoms with E-state index in [0.717, 1.165) is 29.3 Å². The molecule has 4 heteroatoms.